The zero-order valence-electron chi connectivity index (χ0n) is 10.5. The number of rotatable bonds is 4. The van der Waals surface area contributed by atoms with E-state index in [0.29, 0.717) is 11.6 Å². The normalized spacial score (nSPS) is 12.0. The third kappa shape index (κ3) is 3.70. The lowest BCUT2D eigenvalue weighted by molar-refractivity contribution is 0.265. The smallest absolute Gasteiger partial charge is 0.133 e. The van der Waals surface area contributed by atoms with Crippen LogP contribution in [0.5, 0.6) is 5.75 Å². The van der Waals surface area contributed by atoms with Crippen molar-refractivity contribution >= 4 is 34.9 Å². The first-order valence-electron chi connectivity index (χ1n) is 5.63. The molecule has 0 fully saturated rings. The number of benzene rings is 1. The van der Waals surface area contributed by atoms with Crippen molar-refractivity contribution in [1.82, 2.24) is 4.98 Å². The summed E-state index contributed by atoms with van der Waals surface area (Å²) in [4.78, 5) is 4.31. The molecule has 3 N–H and O–H groups in total. The minimum absolute atomic E-state index is 0. The minimum atomic E-state index is -0.327. The van der Waals surface area contributed by atoms with Gasteiger partial charge in [0.1, 0.15) is 10.9 Å². The highest BCUT2D eigenvalue weighted by Crippen LogP contribution is 2.24. The fourth-order valence-corrected chi connectivity index (χ4v) is 2.01. The number of hydrogen-bond acceptors (Lipinski definition) is 4. The van der Waals surface area contributed by atoms with Crippen LogP contribution in [0.25, 0.3) is 10.9 Å². The Kier molecular flexibility index (Phi) is 5.82. The van der Waals surface area contributed by atoms with Crippen molar-refractivity contribution in [1.29, 1.82) is 0 Å². The Labute approximate surface area is 122 Å². The first-order valence-corrected chi connectivity index (χ1v) is 6.01. The molecule has 0 aliphatic heterocycles. The van der Waals surface area contributed by atoms with Gasteiger partial charge in [0.25, 0.3) is 0 Å². The summed E-state index contributed by atoms with van der Waals surface area (Å²) in [5, 5.41) is 10.3. The van der Waals surface area contributed by atoms with Crippen LogP contribution in [-0.4, -0.2) is 29.8 Å². The Morgan fingerprint density at radius 2 is 2.16 bits per heavy atom. The number of aliphatic hydroxyl groups excluding tert-OH is 1. The monoisotopic (exact) mass is 302 g/mol. The standard InChI is InChI=1S/C13H15ClN2O2.ClH/c1-18-11-2-3-12-8(6-11)4-9(13(14)16-12)5-10(15)7-17;/h2-4,6,10,17H,5,7,15H2,1H3;1H. The largest absolute Gasteiger partial charge is 0.497 e. The van der Waals surface area contributed by atoms with Crippen molar-refractivity contribution in [2.24, 2.45) is 5.73 Å². The van der Waals surface area contributed by atoms with Gasteiger partial charge in [-0.1, -0.05) is 11.6 Å². The lowest BCUT2D eigenvalue weighted by Gasteiger charge is -2.10. The molecule has 0 spiro atoms. The molecule has 1 atom stereocenters. The van der Waals surface area contributed by atoms with Crippen LogP contribution >= 0.6 is 24.0 Å². The Bertz CT molecular complexity index is 564. The second kappa shape index (κ2) is 6.91. The Morgan fingerprint density at radius 1 is 1.42 bits per heavy atom. The van der Waals surface area contributed by atoms with Gasteiger partial charge in [-0.05, 0) is 36.2 Å². The molecule has 0 saturated carbocycles. The molecule has 6 heteroatoms. The van der Waals surface area contributed by atoms with Crippen molar-refractivity contribution in [3.63, 3.8) is 0 Å². The van der Waals surface area contributed by atoms with Gasteiger partial charge in [-0.25, -0.2) is 4.98 Å². The highest BCUT2D eigenvalue weighted by Gasteiger charge is 2.09. The van der Waals surface area contributed by atoms with Crippen molar-refractivity contribution < 1.29 is 9.84 Å². The van der Waals surface area contributed by atoms with Gasteiger partial charge in [0.2, 0.25) is 0 Å². The molecule has 1 aromatic carbocycles. The van der Waals surface area contributed by atoms with Gasteiger partial charge >= 0.3 is 0 Å². The van der Waals surface area contributed by atoms with Gasteiger partial charge in [0.05, 0.1) is 19.2 Å². The van der Waals surface area contributed by atoms with Crippen molar-refractivity contribution in [2.75, 3.05) is 13.7 Å². The number of ether oxygens (including phenoxy) is 1. The number of aliphatic hydroxyl groups is 1. The van der Waals surface area contributed by atoms with E-state index < -0.39 is 0 Å². The second-order valence-electron chi connectivity index (χ2n) is 4.14. The summed E-state index contributed by atoms with van der Waals surface area (Å²) >= 11 is 6.10. The summed E-state index contributed by atoms with van der Waals surface area (Å²) in [5.74, 6) is 0.768. The number of nitrogens with zero attached hydrogens (tertiary/aromatic N) is 1. The lowest BCUT2D eigenvalue weighted by atomic mass is 10.1. The molecule has 19 heavy (non-hydrogen) atoms. The van der Waals surface area contributed by atoms with E-state index in [-0.39, 0.29) is 25.1 Å². The molecule has 1 aromatic heterocycles. The van der Waals surface area contributed by atoms with Gasteiger partial charge in [0.15, 0.2) is 0 Å². The molecule has 0 amide bonds. The van der Waals surface area contributed by atoms with Gasteiger partial charge < -0.3 is 15.6 Å². The third-order valence-electron chi connectivity index (χ3n) is 2.76. The number of pyridine rings is 1. The zero-order valence-corrected chi connectivity index (χ0v) is 12.0. The first kappa shape index (κ1) is 16.0. The Hall–Kier alpha value is -1.07. The maximum absolute atomic E-state index is 8.97. The van der Waals surface area contributed by atoms with Crippen LogP contribution in [0.4, 0.5) is 0 Å². The van der Waals surface area contributed by atoms with Crippen molar-refractivity contribution in [3.05, 3.63) is 35.0 Å². The molecule has 0 bridgehead atoms. The van der Waals surface area contributed by atoms with Crippen LogP contribution in [0.15, 0.2) is 24.3 Å². The van der Waals surface area contributed by atoms with Crippen LogP contribution in [0.1, 0.15) is 5.56 Å². The lowest BCUT2D eigenvalue weighted by Crippen LogP contribution is -2.27. The van der Waals surface area contributed by atoms with Gasteiger partial charge in [-0.15, -0.1) is 12.4 Å². The van der Waals surface area contributed by atoms with E-state index in [1.54, 1.807) is 7.11 Å². The number of methoxy groups -OCH3 is 1. The van der Waals surface area contributed by atoms with Crippen molar-refractivity contribution in [2.45, 2.75) is 12.5 Å². The number of nitrogens with two attached hydrogens (primary N) is 1. The number of hydrogen-bond donors (Lipinski definition) is 2. The highest BCUT2D eigenvalue weighted by molar-refractivity contribution is 6.30. The average molecular weight is 303 g/mol. The van der Waals surface area contributed by atoms with E-state index in [9.17, 15) is 0 Å². The topological polar surface area (TPSA) is 68.4 Å². The molecule has 0 radical (unpaired) electrons. The molecular formula is C13H16Cl2N2O2. The van der Waals surface area contributed by atoms with Gasteiger partial charge in [-0.3, -0.25) is 0 Å². The summed E-state index contributed by atoms with van der Waals surface area (Å²) in [6.45, 7) is -0.0769. The van der Waals surface area contributed by atoms with Crippen LogP contribution in [0, 0.1) is 0 Å². The van der Waals surface area contributed by atoms with Crippen LogP contribution in [0.3, 0.4) is 0 Å². The second-order valence-corrected chi connectivity index (χ2v) is 4.50. The summed E-state index contributed by atoms with van der Waals surface area (Å²) < 4.78 is 5.17. The maximum Gasteiger partial charge on any atom is 0.133 e. The molecule has 4 nitrogen and oxygen atoms in total. The fourth-order valence-electron chi connectivity index (χ4n) is 1.79. The molecule has 2 aromatic rings. The van der Waals surface area contributed by atoms with E-state index in [1.807, 2.05) is 24.3 Å². The summed E-state index contributed by atoms with van der Waals surface area (Å²) in [5.41, 5.74) is 7.35. The van der Waals surface area contributed by atoms with Gasteiger partial charge in [0, 0.05) is 11.4 Å². The summed E-state index contributed by atoms with van der Waals surface area (Å²) in [6, 6.07) is 7.20. The zero-order chi connectivity index (χ0) is 13.1. The molecule has 0 aliphatic rings. The fraction of sp³-hybridized carbons (Fsp3) is 0.308. The summed E-state index contributed by atoms with van der Waals surface area (Å²) in [7, 11) is 1.62. The molecule has 2 rings (SSSR count). The van der Waals surface area contributed by atoms with Crippen molar-refractivity contribution in [3.8, 4) is 5.75 Å². The average Bonchev–Trinajstić information content (AvgIpc) is 2.39. The highest BCUT2D eigenvalue weighted by atomic mass is 35.5. The van der Waals surface area contributed by atoms with E-state index in [0.717, 1.165) is 22.2 Å². The molecule has 104 valence electrons. The number of aromatic nitrogens is 1. The van der Waals surface area contributed by atoms with Crippen LogP contribution in [0.2, 0.25) is 5.15 Å². The van der Waals surface area contributed by atoms with Gasteiger partial charge in [-0.2, -0.15) is 0 Å². The molecule has 0 saturated heterocycles. The van der Waals surface area contributed by atoms with E-state index in [1.165, 1.54) is 0 Å². The molecular weight excluding hydrogens is 287 g/mol. The number of fused-ring (bicyclic) bond motifs is 1. The molecule has 0 aliphatic carbocycles. The van der Waals surface area contributed by atoms with Crippen LogP contribution < -0.4 is 10.5 Å². The first-order chi connectivity index (χ1) is 8.63. The third-order valence-corrected chi connectivity index (χ3v) is 3.09. The maximum atomic E-state index is 8.97. The molecule has 1 unspecified atom stereocenters. The predicted molar refractivity (Wildman–Crippen MR) is 79.3 cm³/mol. The Morgan fingerprint density at radius 3 is 2.79 bits per heavy atom. The minimum Gasteiger partial charge on any atom is -0.497 e. The predicted octanol–water partition coefficient (Wildman–Crippen LogP) is 2.18. The SMILES string of the molecule is COc1ccc2nc(Cl)c(CC(N)CO)cc2c1.Cl. The molecule has 1 heterocycles. The number of halogens is 2. The van der Waals surface area contributed by atoms with E-state index >= 15 is 0 Å². The van der Waals surface area contributed by atoms with E-state index in [4.69, 9.17) is 27.2 Å². The summed E-state index contributed by atoms with van der Waals surface area (Å²) in [6.07, 6.45) is 0.496. The Balaban J connectivity index is 0.00000180. The van der Waals surface area contributed by atoms with E-state index in [2.05, 4.69) is 4.98 Å². The van der Waals surface area contributed by atoms with Crippen LogP contribution in [-0.2, 0) is 6.42 Å². The quantitative estimate of drug-likeness (QED) is 0.850.